The van der Waals surface area contributed by atoms with Crippen molar-refractivity contribution < 1.29 is 0 Å². The molecule has 1 heterocycles. The molecule has 0 radical (unpaired) electrons. The van der Waals surface area contributed by atoms with Crippen LogP contribution >= 0.6 is 0 Å². The Hall–Kier alpha value is -1.18. The summed E-state index contributed by atoms with van der Waals surface area (Å²) >= 11 is 0. The maximum Gasteiger partial charge on any atom is 0.0424 e. The molecule has 0 aromatic carbocycles. The molecule has 2 heteroatoms. The molecule has 0 amide bonds. The van der Waals surface area contributed by atoms with E-state index in [0.717, 1.165) is 25.1 Å². The summed E-state index contributed by atoms with van der Waals surface area (Å²) in [5.41, 5.74) is 9.65. The zero-order valence-corrected chi connectivity index (χ0v) is 7.38. The summed E-state index contributed by atoms with van der Waals surface area (Å²) in [5, 5.41) is 0. The summed E-state index contributed by atoms with van der Waals surface area (Å²) in [6.45, 7) is 1.01. The fourth-order valence-electron chi connectivity index (χ4n) is 1.70. The zero-order valence-electron chi connectivity index (χ0n) is 7.38. The van der Waals surface area contributed by atoms with Crippen molar-refractivity contribution in [1.82, 2.24) is 4.90 Å². The van der Waals surface area contributed by atoms with E-state index in [9.17, 15) is 0 Å². The van der Waals surface area contributed by atoms with Crippen molar-refractivity contribution in [2.45, 2.75) is 12.8 Å². The third-order valence-electron chi connectivity index (χ3n) is 2.41. The number of likely N-dealkylation sites (N-methyl/N-ethyl adjacent to an activating group) is 1. The fraction of sp³-hybridized carbons (Fsp3) is 0.400. The molecule has 2 aliphatic rings. The summed E-state index contributed by atoms with van der Waals surface area (Å²) < 4.78 is 0. The minimum atomic E-state index is 1.01. The van der Waals surface area contributed by atoms with Gasteiger partial charge in [0.05, 0.1) is 0 Å². The second-order valence-electron chi connectivity index (χ2n) is 3.50. The maximum absolute atomic E-state index is 5.77. The molecule has 2 nitrogen and oxygen atoms in total. The van der Waals surface area contributed by atoms with E-state index in [1.807, 2.05) is 0 Å². The van der Waals surface area contributed by atoms with Crippen LogP contribution in [0.5, 0.6) is 0 Å². The Bertz CT molecular complexity index is 284. The van der Waals surface area contributed by atoms with Crippen molar-refractivity contribution in [3.8, 4) is 0 Å². The van der Waals surface area contributed by atoms with Crippen molar-refractivity contribution in [3.63, 3.8) is 0 Å². The standard InChI is InChI=1S/C10H14N2/c1-12-5-4-8-2-3-10(11)6-9(8)7-12/h4-6H,2-3,7,11H2,1H3. The molecule has 2 rings (SSSR count). The lowest BCUT2D eigenvalue weighted by atomic mass is 9.94. The highest BCUT2D eigenvalue weighted by Gasteiger charge is 2.13. The highest BCUT2D eigenvalue weighted by Crippen LogP contribution is 2.25. The van der Waals surface area contributed by atoms with Crippen LogP contribution in [0.25, 0.3) is 0 Å². The average molecular weight is 162 g/mol. The molecule has 0 fully saturated rings. The first-order valence-corrected chi connectivity index (χ1v) is 4.32. The molecule has 0 aromatic rings. The lowest BCUT2D eigenvalue weighted by Crippen LogP contribution is -2.20. The summed E-state index contributed by atoms with van der Waals surface area (Å²) in [4.78, 5) is 2.17. The van der Waals surface area contributed by atoms with Gasteiger partial charge in [-0.15, -0.1) is 0 Å². The Labute approximate surface area is 73.0 Å². The average Bonchev–Trinajstić information content (AvgIpc) is 2.03. The minimum absolute atomic E-state index is 1.01. The van der Waals surface area contributed by atoms with Gasteiger partial charge in [-0.3, -0.25) is 0 Å². The van der Waals surface area contributed by atoms with Gasteiger partial charge in [0, 0.05) is 19.3 Å². The molecule has 0 unspecified atom stereocenters. The lowest BCUT2D eigenvalue weighted by molar-refractivity contribution is 0.488. The Kier molecular flexibility index (Phi) is 1.68. The molecule has 0 spiro atoms. The fourth-order valence-corrected chi connectivity index (χ4v) is 1.70. The molecule has 0 bridgehead atoms. The van der Waals surface area contributed by atoms with E-state index in [0.29, 0.717) is 0 Å². The van der Waals surface area contributed by atoms with Crippen molar-refractivity contribution in [1.29, 1.82) is 0 Å². The number of hydrogen-bond acceptors (Lipinski definition) is 2. The molecule has 2 N–H and O–H groups in total. The first-order chi connectivity index (χ1) is 5.75. The zero-order chi connectivity index (χ0) is 8.55. The molecule has 64 valence electrons. The van der Waals surface area contributed by atoms with Crippen molar-refractivity contribution in [2.24, 2.45) is 5.73 Å². The number of nitrogens with zero attached hydrogens (tertiary/aromatic N) is 1. The Balaban J connectivity index is 2.30. The Morgan fingerprint density at radius 3 is 3.00 bits per heavy atom. The molecular formula is C10H14N2. The summed E-state index contributed by atoms with van der Waals surface area (Å²) in [7, 11) is 2.08. The van der Waals surface area contributed by atoms with Crippen molar-refractivity contribution in [3.05, 3.63) is 35.2 Å². The lowest BCUT2D eigenvalue weighted by Gasteiger charge is -2.25. The van der Waals surface area contributed by atoms with Crippen LogP contribution in [0, 0.1) is 0 Å². The van der Waals surface area contributed by atoms with Gasteiger partial charge in [-0.2, -0.15) is 0 Å². The molecule has 0 saturated heterocycles. The first-order valence-electron chi connectivity index (χ1n) is 4.32. The normalized spacial score (nSPS) is 22.4. The van der Waals surface area contributed by atoms with Gasteiger partial charge in [0.1, 0.15) is 0 Å². The van der Waals surface area contributed by atoms with E-state index in [-0.39, 0.29) is 0 Å². The van der Waals surface area contributed by atoms with E-state index >= 15 is 0 Å². The molecule has 1 aliphatic heterocycles. The van der Waals surface area contributed by atoms with Gasteiger partial charge in [0.15, 0.2) is 0 Å². The molecule has 12 heavy (non-hydrogen) atoms. The predicted molar refractivity (Wildman–Crippen MR) is 50.3 cm³/mol. The van der Waals surface area contributed by atoms with Crippen molar-refractivity contribution in [2.75, 3.05) is 13.6 Å². The third-order valence-corrected chi connectivity index (χ3v) is 2.41. The summed E-state index contributed by atoms with van der Waals surface area (Å²) in [6.07, 6.45) is 8.59. The van der Waals surface area contributed by atoms with Crippen molar-refractivity contribution >= 4 is 0 Å². The molecular weight excluding hydrogens is 148 g/mol. The Morgan fingerprint density at radius 2 is 2.17 bits per heavy atom. The third kappa shape index (κ3) is 1.24. The second kappa shape index (κ2) is 2.70. The van der Waals surface area contributed by atoms with E-state index < -0.39 is 0 Å². The molecule has 0 atom stereocenters. The van der Waals surface area contributed by atoms with E-state index in [1.165, 1.54) is 11.1 Å². The SMILES string of the molecule is CN1C=CC2=C(C=C(N)CC2)C1. The Morgan fingerprint density at radius 1 is 1.33 bits per heavy atom. The maximum atomic E-state index is 5.77. The van der Waals surface area contributed by atoms with Gasteiger partial charge < -0.3 is 10.6 Å². The smallest absolute Gasteiger partial charge is 0.0424 e. The van der Waals surface area contributed by atoms with Crippen LogP contribution in [-0.4, -0.2) is 18.5 Å². The molecule has 0 aromatic heterocycles. The number of nitrogens with two attached hydrogens (primary N) is 1. The van der Waals surface area contributed by atoms with E-state index in [1.54, 1.807) is 0 Å². The van der Waals surface area contributed by atoms with Crippen LogP contribution in [0.4, 0.5) is 0 Å². The van der Waals surface area contributed by atoms with Crippen LogP contribution in [0.3, 0.4) is 0 Å². The van der Waals surface area contributed by atoms with Crippen LogP contribution in [0.1, 0.15) is 12.8 Å². The van der Waals surface area contributed by atoms with Crippen LogP contribution in [-0.2, 0) is 0 Å². The summed E-state index contributed by atoms with van der Waals surface area (Å²) in [5.74, 6) is 0. The highest BCUT2D eigenvalue weighted by atomic mass is 15.1. The van der Waals surface area contributed by atoms with Crippen LogP contribution in [0.2, 0.25) is 0 Å². The van der Waals surface area contributed by atoms with Crippen LogP contribution in [0.15, 0.2) is 35.2 Å². The van der Waals surface area contributed by atoms with Gasteiger partial charge in [-0.05, 0) is 42.3 Å². The number of rotatable bonds is 0. The second-order valence-corrected chi connectivity index (χ2v) is 3.50. The number of allylic oxidation sites excluding steroid dienone is 3. The monoisotopic (exact) mass is 162 g/mol. The quantitative estimate of drug-likeness (QED) is 0.583. The largest absolute Gasteiger partial charge is 0.402 e. The number of hydrogen-bond donors (Lipinski definition) is 1. The highest BCUT2D eigenvalue weighted by molar-refractivity contribution is 5.41. The van der Waals surface area contributed by atoms with Gasteiger partial charge >= 0.3 is 0 Å². The first kappa shape index (κ1) is 7.47. The molecule has 1 aliphatic carbocycles. The van der Waals surface area contributed by atoms with Gasteiger partial charge in [0.2, 0.25) is 0 Å². The van der Waals surface area contributed by atoms with Gasteiger partial charge in [-0.25, -0.2) is 0 Å². The minimum Gasteiger partial charge on any atom is -0.402 e. The van der Waals surface area contributed by atoms with Gasteiger partial charge in [-0.1, -0.05) is 0 Å². The molecule has 0 saturated carbocycles. The predicted octanol–water partition coefficient (Wildman–Crippen LogP) is 1.38. The topological polar surface area (TPSA) is 29.3 Å². The van der Waals surface area contributed by atoms with E-state index in [2.05, 4.69) is 30.3 Å². The summed E-state index contributed by atoms with van der Waals surface area (Å²) in [6, 6.07) is 0. The van der Waals surface area contributed by atoms with Crippen LogP contribution < -0.4 is 5.73 Å². The van der Waals surface area contributed by atoms with E-state index in [4.69, 9.17) is 5.73 Å². The van der Waals surface area contributed by atoms with Gasteiger partial charge in [0.25, 0.3) is 0 Å².